The molecule has 0 aliphatic carbocycles. The molecule has 0 bridgehead atoms. The van der Waals surface area contributed by atoms with Crippen molar-refractivity contribution in [1.29, 1.82) is 0 Å². The van der Waals surface area contributed by atoms with Crippen molar-refractivity contribution in [2.45, 2.75) is 46.3 Å². The van der Waals surface area contributed by atoms with Crippen LogP contribution >= 0.6 is 0 Å². The third kappa shape index (κ3) is 5.86. The molecular formula is C27H38N6O4. The molecule has 1 aromatic heterocycles. The van der Waals surface area contributed by atoms with E-state index in [1.165, 1.54) is 0 Å². The molecule has 200 valence electrons. The van der Waals surface area contributed by atoms with Crippen molar-refractivity contribution in [1.82, 2.24) is 30.0 Å². The largest absolute Gasteiger partial charge is 0.378 e. The lowest BCUT2D eigenvalue weighted by Gasteiger charge is -2.29. The zero-order valence-corrected chi connectivity index (χ0v) is 22.5. The van der Waals surface area contributed by atoms with Crippen molar-refractivity contribution in [3.05, 3.63) is 41.2 Å². The minimum atomic E-state index is -0.709. The number of amides is 3. The number of nitrogens with zero attached hydrogens (tertiary/aromatic N) is 4. The van der Waals surface area contributed by atoms with E-state index in [2.05, 4.69) is 20.1 Å². The third-order valence-electron chi connectivity index (χ3n) is 6.97. The summed E-state index contributed by atoms with van der Waals surface area (Å²) in [5, 5.41) is 5.58. The molecule has 37 heavy (non-hydrogen) atoms. The van der Waals surface area contributed by atoms with E-state index >= 15 is 0 Å². The van der Waals surface area contributed by atoms with Gasteiger partial charge in [-0.3, -0.25) is 14.4 Å². The lowest BCUT2D eigenvalue weighted by atomic mass is 9.86. The highest BCUT2D eigenvalue weighted by molar-refractivity contribution is 5.98. The monoisotopic (exact) mass is 510 g/mol. The fourth-order valence-electron chi connectivity index (χ4n) is 4.85. The number of morpholine rings is 1. The molecule has 3 amide bonds. The van der Waals surface area contributed by atoms with Crippen LogP contribution in [0.3, 0.4) is 0 Å². The number of rotatable bonds is 5. The van der Waals surface area contributed by atoms with Crippen molar-refractivity contribution < 1.29 is 19.1 Å². The van der Waals surface area contributed by atoms with Gasteiger partial charge in [0.15, 0.2) is 5.69 Å². The molecule has 2 aliphatic rings. The van der Waals surface area contributed by atoms with Gasteiger partial charge in [0.2, 0.25) is 5.91 Å². The van der Waals surface area contributed by atoms with E-state index in [9.17, 15) is 14.4 Å². The van der Waals surface area contributed by atoms with E-state index in [4.69, 9.17) is 9.72 Å². The van der Waals surface area contributed by atoms with Gasteiger partial charge in [-0.15, -0.1) is 0 Å². The zero-order chi connectivity index (χ0) is 26.7. The summed E-state index contributed by atoms with van der Waals surface area (Å²) in [6.07, 6.45) is 0.921. The summed E-state index contributed by atoms with van der Waals surface area (Å²) in [6.45, 7) is 10.2. The van der Waals surface area contributed by atoms with E-state index in [0.29, 0.717) is 49.9 Å². The summed E-state index contributed by atoms with van der Waals surface area (Å²) < 4.78 is 7.45. The van der Waals surface area contributed by atoms with Crippen LogP contribution in [0.25, 0.3) is 11.4 Å². The Balaban J connectivity index is 1.66. The third-order valence-corrected chi connectivity index (χ3v) is 6.97. The Morgan fingerprint density at radius 3 is 2.32 bits per heavy atom. The van der Waals surface area contributed by atoms with Gasteiger partial charge in [-0.05, 0) is 37.6 Å². The van der Waals surface area contributed by atoms with Gasteiger partial charge in [-0.2, -0.15) is 0 Å². The summed E-state index contributed by atoms with van der Waals surface area (Å²) >= 11 is 0. The lowest BCUT2D eigenvalue weighted by molar-refractivity contribution is -0.124. The van der Waals surface area contributed by atoms with Gasteiger partial charge in [0.25, 0.3) is 11.8 Å². The van der Waals surface area contributed by atoms with Gasteiger partial charge >= 0.3 is 0 Å². The van der Waals surface area contributed by atoms with Crippen molar-refractivity contribution in [3.8, 4) is 11.4 Å². The van der Waals surface area contributed by atoms with Crippen molar-refractivity contribution in [2.24, 2.45) is 5.41 Å². The number of nitrogens with one attached hydrogen (secondary N) is 2. The quantitative estimate of drug-likeness (QED) is 0.635. The van der Waals surface area contributed by atoms with Gasteiger partial charge in [-0.25, -0.2) is 4.98 Å². The fraction of sp³-hybridized carbons (Fsp3) is 0.556. The van der Waals surface area contributed by atoms with Crippen molar-refractivity contribution in [3.63, 3.8) is 0 Å². The summed E-state index contributed by atoms with van der Waals surface area (Å²) in [5.41, 5.74) is 2.13. The number of carbonyl (C=O) groups is 3. The summed E-state index contributed by atoms with van der Waals surface area (Å²) in [6, 6.07) is 6.71. The maximum Gasteiger partial charge on any atom is 0.272 e. The molecule has 3 heterocycles. The molecule has 0 unspecified atom stereocenters. The normalized spacial score (nSPS) is 17.5. The Bertz CT molecular complexity index is 1140. The summed E-state index contributed by atoms with van der Waals surface area (Å²) in [4.78, 5) is 47.7. The van der Waals surface area contributed by atoms with E-state index in [0.717, 1.165) is 30.8 Å². The summed E-state index contributed by atoms with van der Waals surface area (Å²) in [7, 11) is 3.59. The maximum absolute atomic E-state index is 13.5. The van der Waals surface area contributed by atoms with E-state index in [-0.39, 0.29) is 17.7 Å². The number of benzene rings is 1. The van der Waals surface area contributed by atoms with Gasteiger partial charge in [0.05, 0.1) is 18.9 Å². The highest BCUT2D eigenvalue weighted by Gasteiger charge is 2.34. The fourth-order valence-corrected chi connectivity index (χ4v) is 4.85. The molecule has 2 N–H and O–H groups in total. The molecule has 10 nitrogen and oxygen atoms in total. The van der Waals surface area contributed by atoms with Gasteiger partial charge in [0.1, 0.15) is 11.9 Å². The minimum absolute atomic E-state index is 0.0130. The van der Waals surface area contributed by atoms with Crippen LogP contribution < -0.4 is 10.6 Å². The SMILES string of the molecule is CNC(=O)[C@@H](NC(=O)c1nc(-c2ccc(C(=O)N3CCOCC3)cc2)n2c1CN(C)CCC2)C(C)(C)C. The molecule has 2 aliphatic heterocycles. The number of ether oxygens (including phenoxy) is 1. The second kappa shape index (κ2) is 11.0. The number of hydrogen-bond donors (Lipinski definition) is 2. The van der Waals surface area contributed by atoms with Gasteiger partial charge < -0.3 is 29.7 Å². The van der Waals surface area contributed by atoms with Crippen LogP contribution in [-0.4, -0.2) is 90.1 Å². The average Bonchev–Trinajstić information content (AvgIpc) is 3.12. The molecule has 0 saturated carbocycles. The average molecular weight is 511 g/mol. The topological polar surface area (TPSA) is 109 Å². The Morgan fingerprint density at radius 1 is 1.03 bits per heavy atom. The van der Waals surface area contributed by atoms with Gasteiger partial charge in [-0.1, -0.05) is 32.9 Å². The molecule has 0 radical (unpaired) electrons. The second-order valence-corrected chi connectivity index (χ2v) is 10.8. The van der Waals surface area contributed by atoms with Gasteiger partial charge in [0, 0.05) is 44.4 Å². The Morgan fingerprint density at radius 2 is 1.70 bits per heavy atom. The van der Waals surface area contributed by atoms with Crippen LogP contribution in [0.1, 0.15) is 53.7 Å². The Hall–Kier alpha value is -3.24. The maximum atomic E-state index is 13.5. The zero-order valence-electron chi connectivity index (χ0n) is 22.5. The second-order valence-electron chi connectivity index (χ2n) is 10.8. The van der Waals surface area contributed by atoms with Crippen LogP contribution in [0.15, 0.2) is 24.3 Å². The Labute approximate surface area is 218 Å². The minimum Gasteiger partial charge on any atom is -0.378 e. The molecular weight excluding hydrogens is 472 g/mol. The first kappa shape index (κ1) is 26.8. The highest BCUT2D eigenvalue weighted by Crippen LogP contribution is 2.28. The molecule has 1 saturated heterocycles. The molecule has 10 heteroatoms. The first-order valence-corrected chi connectivity index (χ1v) is 12.9. The highest BCUT2D eigenvalue weighted by atomic mass is 16.5. The smallest absolute Gasteiger partial charge is 0.272 e. The first-order chi connectivity index (χ1) is 17.6. The number of likely N-dealkylation sites (N-methyl/N-ethyl adjacent to an activating group) is 1. The number of fused-ring (bicyclic) bond motifs is 1. The lowest BCUT2D eigenvalue weighted by Crippen LogP contribution is -2.53. The summed E-state index contributed by atoms with van der Waals surface area (Å²) in [5.74, 6) is 0.0611. The van der Waals surface area contributed by atoms with Crippen LogP contribution in [0.4, 0.5) is 0 Å². The van der Waals surface area contributed by atoms with E-state index < -0.39 is 11.5 Å². The molecule has 1 fully saturated rings. The molecule has 4 rings (SSSR count). The number of aromatic nitrogens is 2. The van der Waals surface area contributed by atoms with E-state index in [1.54, 1.807) is 11.9 Å². The predicted octanol–water partition coefficient (Wildman–Crippen LogP) is 1.75. The number of imidazole rings is 1. The number of hydrogen-bond acceptors (Lipinski definition) is 6. The van der Waals surface area contributed by atoms with E-state index in [1.807, 2.05) is 52.1 Å². The van der Waals surface area contributed by atoms with Crippen molar-refractivity contribution in [2.75, 3.05) is 46.9 Å². The van der Waals surface area contributed by atoms with Crippen LogP contribution in [0, 0.1) is 5.41 Å². The van der Waals surface area contributed by atoms with Crippen LogP contribution in [0.5, 0.6) is 0 Å². The van der Waals surface area contributed by atoms with Crippen molar-refractivity contribution >= 4 is 17.7 Å². The molecule has 2 aromatic rings. The predicted molar refractivity (Wildman–Crippen MR) is 140 cm³/mol. The molecule has 1 aromatic carbocycles. The van der Waals surface area contributed by atoms with Crippen LogP contribution in [0.2, 0.25) is 0 Å². The molecule has 1 atom stereocenters. The first-order valence-electron chi connectivity index (χ1n) is 12.9. The molecule has 0 spiro atoms. The standard InChI is InChI=1S/C27H38N6O4/c1-27(2,3)22(25(35)28-4)30-24(34)21-20-17-31(5)11-6-12-33(20)23(29-21)18-7-9-19(10-8-18)26(36)32-13-15-37-16-14-32/h7-10,22H,6,11-17H2,1-5H3,(H,28,35)(H,30,34)/t22-/m1/s1. The Kier molecular flexibility index (Phi) is 7.99. The number of carbonyl (C=O) groups excluding carboxylic acids is 3. The van der Waals surface area contributed by atoms with Crippen LogP contribution in [-0.2, 0) is 22.6 Å².